The summed E-state index contributed by atoms with van der Waals surface area (Å²) >= 11 is 0. The number of sulfonamides is 1. The Labute approximate surface area is 154 Å². The van der Waals surface area contributed by atoms with Gasteiger partial charge >= 0.3 is 0 Å². The van der Waals surface area contributed by atoms with E-state index in [0.29, 0.717) is 23.4 Å². The van der Waals surface area contributed by atoms with E-state index in [1.807, 2.05) is 19.1 Å². The molecule has 2 N–H and O–H groups in total. The molecule has 1 aliphatic carbocycles. The molecule has 5 nitrogen and oxygen atoms in total. The van der Waals surface area contributed by atoms with Gasteiger partial charge in [-0.2, -0.15) is 0 Å². The van der Waals surface area contributed by atoms with Crippen LogP contribution in [0.4, 0.5) is 5.69 Å². The molecule has 4 rings (SSSR count). The zero-order chi connectivity index (χ0) is 18.5. The second-order valence-electron chi connectivity index (χ2n) is 7.37. The number of primary sulfonamides is 1. The third-order valence-electron chi connectivity index (χ3n) is 5.70. The van der Waals surface area contributed by atoms with Crippen LogP contribution in [-0.4, -0.2) is 20.9 Å². The second-order valence-corrected chi connectivity index (χ2v) is 8.90. The number of carbonyl (C=O) groups excluding carboxylic acids is 1. The van der Waals surface area contributed by atoms with Gasteiger partial charge in [0.25, 0.3) is 5.91 Å². The number of benzene rings is 2. The summed E-state index contributed by atoms with van der Waals surface area (Å²) in [7, 11) is -3.85. The van der Waals surface area contributed by atoms with Crippen LogP contribution >= 0.6 is 0 Å². The van der Waals surface area contributed by atoms with E-state index < -0.39 is 10.0 Å². The Hall–Kier alpha value is -1.92. The molecule has 1 fully saturated rings. The Morgan fingerprint density at radius 1 is 1.12 bits per heavy atom. The summed E-state index contributed by atoms with van der Waals surface area (Å²) in [5.41, 5.74) is 2.59. The van der Waals surface area contributed by atoms with Crippen LogP contribution in [0.1, 0.15) is 67.3 Å². The van der Waals surface area contributed by atoms with Crippen molar-refractivity contribution in [3.8, 4) is 0 Å². The molecular weight excluding hydrogens is 348 g/mol. The van der Waals surface area contributed by atoms with Gasteiger partial charge in [-0.15, -0.1) is 0 Å². The zero-order valence-electron chi connectivity index (χ0n) is 15.0. The van der Waals surface area contributed by atoms with Crippen molar-refractivity contribution in [2.75, 3.05) is 11.4 Å². The van der Waals surface area contributed by atoms with Gasteiger partial charge in [-0.05, 0) is 42.9 Å². The number of anilines is 1. The van der Waals surface area contributed by atoms with Crippen LogP contribution in [0.2, 0.25) is 0 Å². The standard InChI is InChI=1S/C20H24N2O3S/c1-2-12-22-16-10-11-17(26(21,24)25)15-9-8-14(13-6-4-3-5-7-13)19(18(15)16)20(22)23/h8-11,13H,2-7,12H2,1H3,(H2,21,24,25). The van der Waals surface area contributed by atoms with Crippen molar-refractivity contribution in [1.29, 1.82) is 0 Å². The van der Waals surface area contributed by atoms with Crippen LogP contribution < -0.4 is 10.0 Å². The molecule has 2 aromatic rings. The highest BCUT2D eigenvalue weighted by Crippen LogP contribution is 2.45. The second kappa shape index (κ2) is 6.35. The Morgan fingerprint density at radius 3 is 2.50 bits per heavy atom. The number of hydrogen-bond acceptors (Lipinski definition) is 3. The van der Waals surface area contributed by atoms with E-state index >= 15 is 0 Å². The minimum absolute atomic E-state index is 0.000377. The maximum absolute atomic E-state index is 13.2. The Morgan fingerprint density at radius 2 is 1.85 bits per heavy atom. The molecule has 0 unspecified atom stereocenters. The summed E-state index contributed by atoms with van der Waals surface area (Å²) in [6.07, 6.45) is 6.62. The highest BCUT2D eigenvalue weighted by Gasteiger charge is 2.35. The minimum atomic E-state index is -3.85. The highest BCUT2D eigenvalue weighted by atomic mass is 32.2. The third kappa shape index (κ3) is 2.63. The molecule has 0 bridgehead atoms. The lowest BCUT2D eigenvalue weighted by molar-refractivity contribution is 0.0991. The third-order valence-corrected chi connectivity index (χ3v) is 6.67. The van der Waals surface area contributed by atoms with E-state index in [-0.39, 0.29) is 10.8 Å². The summed E-state index contributed by atoms with van der Waals surface area (Å²) in [5.74, 6) is 0.374. The van der Waals surface area contributed by atoms with Crippen LogP contribution in [0.3, 0.4) is 0 Å². The Balaban J connectivity index is 2.01. The lowest BCUT2D eigenvalue weighted by atomic mass is 9.81. The van der Waals surface area contributed by atoms with Crippen LogP contribution in [0.5, 0.6) is 0 Å². The number of hydrogen-bond donors (Lipinski definition) is 1. The quantitative estimate of drug-likeness (QED) is 0.884. The largest absolute Gasteiger partial charge is 0.308 e. The first kappa shape index (κ1) is 17.5. The molecule has 0 radical (unpaired) electrons. The van der Waals surface area contributed by atoms with Crippen molar-refractivity contribution in [1.82, 2.24) is 0 Å². The van der Waals surface area contributed by atoms with Crippen molar-refractivity contribution >= 4 is 32.4 Å². The van der Waals surface area contributed by atoms with E-state index in [1.165, 1.54) is 25.3 Å². The fourth-order valence-electron chi connectivity index (χ4n) is 4.57. The lowest BCUT2D eigenvalue weighted by Crippen LogP contribution is -2.28. The summed E-state index contributed by atoms with van der Waals surface area (Å²) in [6.45, 7) is 2.66. The average molecular weight is 372 g/mol. The Bertz CT molecular complexity index is 992. The van der Waals surface area contributed by atoms with Crippen molar-refractivity contribution in [3.63, 3.8) is 0 Å². The number of rotatable bonds is 4. The van der Waals surface area contributed by atoms with Crippen LogP contribution in [0.25, 0.3) is 10.8 Å². The first-order chi connectivity index (χ1) is 12.4. The Kier molecular flexibility index (Phi) is 4.28. The van der Waals surface area contributed by atoms with Crippen LogP contribution in [0.15, 0.2) is 29.2 Å². The van der Waals surface area contributed by atoms with Gasteiger partial charge in [-0.25, -0.2) is 13.6 Å². The molecule has 138 valence electrons. The van der Waals surface area contributed by atoms with Crippen molar-refractivity contribution in [2.45, 2.75) is 56.3 Å². The molecule has 1 heterocycles. The van der Waals surface area contributed by atoms with E-state index in [1.54, 1.807) is 11.0 Å². The number of amides is 1. The number of carbonyl (C=O) groups is 1. The van der Waals surface area contributed by atoms with Gasteiger partial charge in [0, 0.05) is 17.3 Å². The van der Waals surface area contributed by atoms with Gasteiger partial charge < -0.3 is 4.90 Å². The fraction of sp³-hybridized carbons (Fsp3) is 0.450. The number of nitrogens with zero attached hydrogens (tertiary/aromatic N) is 1. The predicted molar refractivity (Wildman–Crippen MR) is 103 cm³/mol. The SMILES string of the molecule is CCCN1C(=O)c2c(C3CCCCC3)ccc3c(S(N)(=O)=O)ccc1c23. The van der Waals surface area contributed by atoms with Crippen LogP contribution in [-0.2, 0) is 10.0 Å². The van der Waals surface area contributed by atoms with Gasteiger partial charge in [-0.1, -0.05) is 38.3 Å². The topological polar surface area (TPSA) is 80.5 Å². The van der Waals surface area contributed by atoms with Crippen molar-refractivity contribution < 1.29 is 13.2 Å². The molecular formula is C20H24N2O3S. The molecule has 1 amide bonds. The predicted octanol–water partition coefficient (Wildman–Crippen LogP) is 3.91. The minimum Gasteiger partial charge on any atom is -0.308 e. The summed E-state index contributed by atoms with van der Waals surface area (Å²) in [5, 5.41) is 6.75. The van der Waals surface area contributed by atoms with E-state index in [4.69, 9.17) is 5.14 Å². The van der Waals surface area contributed by atoms with Gasteiger partial charge in [0.1, 0.15) is 0 Å². The maximum atomic E-state index is 13.2. The normalized spacial score (nSPS) is 18.1. The molecule has 0 atom stereocenters. The first-order valence-corrected chi connectivity index (χ1v) is 10.9. The monoisotopic (exact) mass is 372 g/mol. The molecule has 2 aliphatic rings. The average Bonchev–Trinajstić information content (AvgIpc) is 2.90. The van der Waals surface area contributed by atoms with Gasteiger partial charge in [0.2, 0.25) is 10.0 Å². The summed E-state index contributed by atoms with van der Waals surface area (Å²) < 4.78 is 24.1. The van der Waals surface area contributed by atoms with E-state index in [0.717, 1.165) is 35.9 Å². The molecule has 0 aromatic heterocycles. The molecule has 6 heteroatoms. The van der Waals surface area contributed by atoms with E-state index in [2.05, 4.69) is 0 Å². The van der Waals surface area contributed by atoms with Gasteiger partial charge in [-0.3, -0.25) is 4.79 Å². The molecule has 0 saturated heterocycles. The van der Waals surface area contributed by atoms with Crippen LogP contribution in [0, 0.1) is 0 Å². The molecule has 1 saturated carbocycles. The molecule has 1 aliphatic heterocycles. The molecule has 26 heavy (non-hydrogen) atoms. The van der Waals surface area contributed by atoms with Gasteiger partial charge in [0.05, 0.1) is 16.1 Å². The maximum Gasteiger partial charge on any atom is 0.259 e. The molecule has 2 aromatic carbocycles. The van der Waals surface area contributed by atoms with E-state index in [9.17, 15) is 13.2 Å². The van der Waals surface area contributed by atoms with Gasteiger partial charge in [0.15, 0.2) is 0 Å². The smallest absolute Gasteiger partial charge is 0.259 e. The van der Waals surface area contributed by atoms with Crippen molar-refractivity contribution in [3.05, 3.63) is 35.4 Å². The highest BCUT2D eigenvalue weighted by molar-refractivity contribution is 7.89. The molecule has 0 spiro atoms. The van der Waals surface area contributed by atoms with Crippen molar-refractivity contribution in [2.24, 2.45) is 5.14 Å². The summed E-state index contributed by atoms with van der Waals surface area (Å²) in [4.78, 5) is 15.1. The number of nitrogens with two attached hydrogens (primary N) is 1. The zero-order valence-corrected chi connectivity index (χ0v) is 15.8. The first-order valence-electron chi connectivity index (χ1n) is 9.37. The summed E-state index contributed by atoms with van der Waals surface area (Å²) in [6, 6.07) is 7.06. The fourth-order valence-corrected chi connectivity index (χ4v) is 5.30. The lowest BCUT2D eigenvalue weighted by Gasteiger charge is -2.24.